The summed E-state index contributed by atoms with van der Waals surface area (Å²) in [6, 6.07) is 1.93. The maximum Gasteiger partial charge on any atom is 0.306 e. The molecule has 0 saturated carbocycles. The van der Waals surface area contributed by atoms with Crippen LogP contribution in [0.5, 0.6) is 0 Å². The fourth-order valence-corrected chi connectivity index (χ4v) is 1.84. The second-order valence-corrected chi connectivity index (χ2v) is 3.97. The van der Waals surface area contributed by atoms with E-state index < -0.39 is 0 Å². The molecular formula is C10H13NO3S. The lowest BCUT2D eigenvalue weighted by Gasteiger charge is -2.03. The van der Waals surface area contributed by atoms with Gasteiger partial charge in [0.05, 0.1) is 18.5 Å². The lowest BCUT2D eigenvalue weighted by atomic mass is 10.3. The largest absolute Gasteiger partial charge is 0.469 e. The molecule has 0 spiro atoms. The van der Waals surface area contributed by atoms with Crippen LogP contribution in [-0.4, -0.2) is 19.0 Å². The molecule has 0 bridgehead atoms. The van der Waals surface area contributed by atoms with Crippen molar-refractivity contribution in [2.75, 3.05) is 12.4 Å². The van der Waals surface area contributed by atoms with Gasteiger partial charge >= 0.3 is 5.97 Å². The van der Waals surface area contributed by atoms with Gasteiger partial charge in [0.25, 0.3) is 0 Å². The Balaban J connectivity index is 2.37. The SMILES string of the molecule is COC(=O)CCC(=O)Nc1sccc1C. The Bertz CT molecular complexity index is 359. The molecule has 0 aliphatic heterocycles. The lowest BCUT2D eigenvalue weighted by Crippen LogP contribution is -2.13. The topological polar surface area (TPSA) is 55.4 Å². The van der Waals surface area contributed by atoms with Gasteiger partial charge in [-0.2, -0.15) is 0 Å². The molecule has 15 heavy (non-hydrogen) atoms. The third kappa shape index (κ3) is 3.71. The minimum atomic E-state index is -0.368. The normalized spacial score (nSPS) is 9.73. The van der Waals surface area contributed by atoms with E-state index in [1.807, 2.05) is 18.4 Å². The summed E-state index contributed by atoms with van der Waals surface area (Å²) in [5.41, 5.74) is 1.03. The molecular weight excluding hydrogens is 214 g/mol. The molecule has 0 saturated heterocycles. The number of rotatable bonds is 4. The van der Waals surface area contributed by atoms with Gasteiger partial charge in [-0.3, -0.25) is 9.59 Å². The number of hydrogen-bond donors (Lipinski definition) is 1. The first-order valence-electron chi connectivity index (χ1n) is 4.54. The highest BCUT2D eigenvalue weighted by molar-refractivity contribution is 7.14. The zero-order chi connectivity index (χ0) is 11.3. The first-order chi connectivity index (χ1) is 7.13. The van der Waals surface area contributed by atoms with Crippen molar-refractivity contribution in [1.82, 2.24) is 0 Å². The monoisotopic (exact) mass is 227 g/mol. The number of anilines is 1. The van der Waals surface area contributed by atoms with E-state index in [0.717, 1.165) is 10.6 Å². The van der Waals surface area contributed by atoms with Gasteiger partial charge in [0.1, 0.15) is 0 Å². The van der Waals surface area contributed by atoms with Gasteiger partial charge in [-0.1, -0.05) is 0 Å². The van der Waals surface area contributed by atoms with Crippen molar-refractivity contribution in [2.45, 2.75) is 19.8 Å². The van der Waals surface area contributed by atoms with E-state index in [2.05, 4.69) is 10.1 Å². The molecule has 0 radical (unpaired) electrons. The molecule has 82 valence electrons. The van der Waals surface area contributed by atoms with Crippen LogP contribution < -0.4 is 5.32 Å². The Hall–Kier alpha value is -1.36. The number of amides is 1. The van der Waals surface area contributed by atoms with Crippen molar-refractivity contribution in [2.24, 2.45) is 0 Å². The summed E-state index contributed by atoms with van der Waals surface area (Å²) >= 11 is 1.47. The number of methoxy groups -OCH3 is 1. The summed E-state index contributed by atoms with van der Waals surface area (Å²) < 4.78 is 4.44. The Morgan fingerprint density at radius 2 is 2.20 bits per heavy atom. The predicted molar refractivity (Wildman–Crippen MR) is 58.9 cm³/mol. The number of hydrogen-bond acceptors (Lipinski definition) is 4. The van der Waals surface area contributed by atoms with Crippen LogP contribution in [0.2, 0.25) is 0 Å². The van der Waals surface area contributed by atoms with Gasteiger partial charge in [0.2, 0.25) is 5.91 Å². The number of aryl methyl sites for hydroxylation is 1. The zero-order valence-corrected chi connectivity index (χ0v) is 9.52. The van der Waals surface area contributed by atoms with Crippen molar-refractivity contribution in [3.05, 3.63) is 17.0 Å². The maximum atomic E-state index is 11.4. The van der Waals surface area contributed by atoms with E-state index in [0.29, 0.717) is 0 Å². The van der Waals surface area contributed by atoms with Crippen molar-refractivity contribution in [3.8, 4) is 0 Å². The van der Waals surface area contributed by atoms with Gasteiger partial charge in [0, 0.05) is 6.42 Å². The number of thiophene rings is 1. The molecule has 1 aromatic heterocycles. The van der Waals surface area contributed by atoms with E-state index in [9.17, 15) is 9.59 Å². The molecule has 0 aliphatic rings. The van der Waals surface area contributed by atoms with Crippen LogP contribution in [-0.2, 0) is 14.3 Å². The standard InChI is InChI=1S/C10H13NO3S/c1-7-5-6-15-10(7)11-8(12)3-4-9(13)14-2/h5-6H,3-4H2,1-2H3,(H,11,12). The third-order valence-corrected chi connectivity index (χ3v) is 2.83. The summed E-state index contributed by atoms with van der Waals surface area (Å²) in [5, 5.41) is 5.49. The molecule has 1 rings (SSSR count). The predicted octanol–water partition coefficient (Wildman–Crippen LogP) is 1.95. The molecule has 4 nitrogen and oxygen atoms in total. The Labute approximate surface area is 92.2 Å². The van der Waals surface area contributed by atoms with E-state index in [1.165, 1.54) is 18.4 Å². The quantitative estimate of drug-likeness (QED) is 0.800. The first kappa shape index (κ1) is 11.7. The summed E-state index contributed by atoms with van der Waals surface area (Å²) in [6.07, 6.45) is 0.275. The Morgan fingerprint density at radius 3 is 2.73 bits per heavy atom. The minimum absolute atomic E-state index is 0.118. The summed E-state index contributed by atoms with van der Waals surface area (Å²) in [5.74, 6) is -0.529. The van der Waals surface area contributed by atoms with Crippen molar-refractivity contribution < 1.29 is 14.3 Å². The summed E-state index contributed by atoms with van der Waals surface area (Å²) in [6.45, 7) is 1.92. The lowest BCUT2D eigenvalue weighted by molar-refractivity contribution is -0.141. The van der Waals surface area contributed by atoms with Gasteiger partial charge in [-0.25, -0.2) is 0 Å². The van der Waals surface area contributed by atoms with E-state index in [4.69, 9.17) is 0 Å². The molecule has 0 aromatic carbocycles. The van der Waals surface area contributed by atoms with Crippen LogP contribution in [0, 0.1) is 6.92 Å². The maximum absolute atomic E-state index is 11.4. The molecule has 5 heteroatoms. The van der Waals surface area contributed by atoms with Gasteiger partial charge in [-0.15, -0.1) is 11.3 Å². The Morgan fingerprint density at radius 1 is 1.47 bits per heavy atom. The highest BCUT2D eigenvalue weighted by Gasteiger charge is 2.08. The smallest absolute Gasteiger partial charge is 0.306 e. The molecule has 0 fully saturated rings. The van der Waals surface area contributed by atoms with Crippen LogP contribution >= 0.6 is 11.3 Å². The average molecular weight is 227 g/mol. The Kier molecular flexibility index (Phi) is 4.30. The number of carbonyl (C=O) groups excluding carboxylic acids is 2. The molecule has 0 unspecified atom stereocenters. The average Bonchev–Trinajstić information content (AvgIpc) is 2.61. The molecule has 1 aromatic rings. The second-order valence-electron chi connectivity index (χ2n) is 3.06. The zero-order valence-electron chi connectivity index (χ0n) is 8.70. The van der Waals surface area contributed by atoms with Crippen molar-refractivity contribution >= 4 is 28.2 Å². The summed E-state index contributed by atoms with van der Waals surface area (Å²) in [7, 11) is 1.31. The van der Waals surface area contributed by atoms with Gasteiger partial charge < -0.3 is 10.1 Å². The van der Waals surface area contributed by atoms with Crippen molar-refractivity contribution in [3.63, 3.8) is 0 Å². The number of ether oxygens (including phenoxy) is 1. The van der Waals surface area contributed by atoms with E-state index in [1.54, 1.807) is 0 Å². The van der Waals surface area contributed by atoms with Crippen LogP contribution in [0.1, 0.15) is 18.4 Å². The first-order valence-corrected chi connectivity index (χ1v) is 5.42. The minimum Gasteiger partial charge on any atom is -0.469 e. The van der Waals surface area contributed by atoms with E-state index >= 15 is 0 Å². The molecule has 1 heterocycles. The van der Waals surface area contributed by atoms with Crippen LogP contribution in [0.3, 0.4) is 0 Å². The molecule has 0 atom stereocenters. The molecule has 0 aliphatic carbocycles. The summed E-state index contributed by atoms with van der Waals surface area (Å²) in [4.78, 5) is 22.2. The molecule has 1 N–H and O–H groups in total. The number of nitrogens with one attached hydrogen (secondary N) is 1. The third-order valence-electron chi connectivity index (χ3n) is 1.90. The highest BCUT2D eigenvalue weighted by Crippen LogP contribution is 2.21. The fourth-order valence-electron chi connectivity index (χ4n) is 1.01. The van der Waals surface area contributed by atoms with E-state index in [-0.39, 0.29) is 24.7 Å². The number of esters is 1. The highest BCUT2D eigenvalue weighted by atomic mass is 32.1. The number of carbonyl (C=O) groups is 2. The van der Waals surface area contributed by atoms with Gasteiger partial charge in [0.15, 0.2) is 0 Å². The van der Waals surface area contributed by atoms with Crippen LogP contribution in [0.4, 0.5) is 5.00 Å². The molecule has 1 amide bonds. The van der Waals surface area contributed by atoms with Crippen LogP contribution in [0.15, 0.2) is 11.4 Å². The van der Waals surface area contributed by atoms with Gasteiger partial charge in [-0.05, 0) is 23.9 Å². The van der Waals surface area contributed by atoms with Crippen LogP contribution in [0.25, 0.3) is 0 Å². The second kappa shape index (κ2) is 5.50. The van der Waals surface area contributed by atoms with Crippen molar-refractivity contribution in [1.29, 1.82) is 0 Å². The fraction of sp³-hybridized carbons (Fsp3) is 0.400.